The molecule has 0 N–H and O–H groups in total. The van der Waals surface area contributed by atoms with Gasteiger partial charge in [0.25, 0.3) is 0 Å². The minimum Gasteiger partial charge on any atom is -0.415 e. The summed E-state index contributed by atoms with van der Waals surface area (Å²) in [5.41, 5.74) is 0. The summed E-state index contributed by atoms with van der Waals surface area (Å²) in [5, 5.41) is 0. The third kappa shape index (κ3) is 24.1. The van der Waals surface area contributed by atoms with E-state index in [0.717, 1.165) is 19.8 Å². The van der Waals surface area contributed by atoms with Crippen LogP contribution in [0.15, 0.2) is 0 Å². The second kappa shape index (κ2) is 19.9. The molecule has 0 radical (unpaired) electrons. The van der Waals surface area contributed by atoms with Gasteiger partial charge in [-0.15, -0.1) is 0 Å². The fraction of sp³-hybridized carbons (Fsp3) is 1.00. The Labute approximate surface area is 166 Å². The molecule has 0 unspecified atom stereocenters. The molecule has 2 nitrogen and oxygen atoms in total. The standard InChI is InChI=1S/C23H50O2Si/c1-5-6-7-8-9-10-11-12-13-14-15-16-17-18-19-20-21-24-22-23-25-26(2,3)4/h5-23H2,1-4H3. The molecule has 0 aliphatic rings. The number of rotatable bonds is 21. The maximum Gasteiger partial charge on any atom is 0.183 e. The lowest BCUT2D eigenvalue weighted by atomic mass is 10.0. The van der Waals surface area contributed by atoms with Crippen LogP contribution in [0.5, 0.6) is 0 Å². The van der Waals surface area contributed by atoms with Crippen molar-refractivity contribution in [3.05, 3.63) is 0 Å². The van der Waals surface area contributed by atoms with Gasteiger partial charge in [-0.2, -0.15) is 0 Å². The van der Waals surface area contributed by atoms with Gasteiger partial charge < -0.3 is 9.16 Å². The molecule has 3 heteroatoms. The largest absolute Gasteiger partial charge is 0.415 e. The Bertz CT molecular complexity index is 263. The van der Waals surface area contributed by atoms with Crippen molar-refractivity contribution in [1.29, 1.82) is 0 Å². The van der Waals surface area contributed by atoms with E-state index in [1.54, 1.807) is 0 Å². The molecule has 0 amide bonds. The maximum absolute atomic E-state index is 5.78. The Balaban J connectivity index is 3.01. The molecule has 0 aromatic rings. The predicted molar refractivity (Wildman–Crippen MR) is 120 cm³/mol. The van der Waals surface area contributed by atoms with E-state index in [-0.39, 0.29) is 0 Å². The Hall–Kier alpha value is 0.137. The van der Waals surface area contributed by atoms with Gasteiger partial charge >= 0.3 is 0 Å². The molecule has 0 aliphatic carbocycles. The molecule has 0 spiro atoms. The van der Waals surface area contributed by atoms with Gasteiger partial charge in [-0.25, -0.2) is 0 Å². The van der Waals surface area contributed by atoms with Crippen LogP contribution < -0.4 is 0 Å². The van der Waals surface area contributed by atoms with E-state index in [9.17, 15) is 0 Å². The second-order valence-electron chi connectivity index (χ2n) is 8.88. The zero-order chi connectivity index (χ0) is 19.3. The highest BCUT2D eigenvalue weighted by Gasteiger charge is 2.12. The summed E-state index contributed by atoms with van der Waals surface area (Å²) < 4.78 is 11.4. The van der Waals surface area contributed by atoms with E-state index in [0.29, 0.717) is 0 Å². The number of ether oxygens (including phenoxy) is 1. The molecule has 0 saturated carbocycles. The topological polar surface area (TPSA) is 18.5 Å². The van der Waals surface area contributed by atoms with Crippen LogP contribution in [-0.2, 0) is 9.16 Å². The molecule has 0 atom stereocenters. The van der Waals surface area contributed by atoms with Crippen molar-refractivity contribution in [3.63, 3.8) is 0 Å². The Kier molecular flexibility index (Phi) is 20.0. The molecule has 158 valence electrons. The lowest BCUT2D eigenvalue weighted by molar-refractivity contribution is 0.0949. The van der Waals surface area contributed by atoms with Crippen molar-refractivity contribution in [3.8, 4) is 0 Å². The van der Waals surface area contributed by atoms with Crippen molar-refractivity contribution in [2.45, 2.75) is 129 Å². The second-order valence-corrected chi connectivity index (χ2v) is 13.4. The van der Waals surface area contributed by atoms with Gasteiger partial charge in [0.05, 0.1) is 13.2 Å². The van der Waals surface area contributed by atoms with Gasteiger partial charge in [-0.05, 0) is 26.1 Å². The summed E-state index contributed by atoms with van der Waals surface area (Å²) in [7, 11) is -1.35. The SMILES string of the molecule is CCCCCCCCCCCCCCCCCCOCCO[Si](C)(C)C. The van der Waals surface area contributed by atoms with Crippen molar-refractivity contribution in [2.75, 3.05) is 19.8 Å². The van der Waals surface area contributed by atoms with E-state index < -0.39 is 8.32 Å². The third-order valence-electron chi connectivity index (χ3n) is 4.90. The molecule has 0 rings (SSSR count). The molecule has 0 aromatic carbocycles. The van der Waals surface area contributed by atoms with Gasteiger partial charge in [-0.3, -0.25) is 0 Å². The highest BCUT2D eigenvalue weighted by Crippen LogP contribution is 2.13. The number of unbranched alkanes of at least 4 members (excludes halogenated alkanes) is 15. The van der Waals surface area contributed by atoms with Crippen molar-refractivity contribution < 1.29 is 9.16 Å². The van der Waals surface area contributed by atoms with Gasteiger partial charge in [-0.1, -0.05) is 103 Å². The fourth-order valence-electron chi connectivity index (χ4n) is 3.26. The van der Waals surface area contributed by atoms with Crippen LogP contribution in [0.3, 0.4) is 0 Å². The summed E-state index contributed by atoms with van der Waals surface area (Å²) in [5.74, 6) is 0. The van der Waals surface area contributed by atoms with E-state index >= 15 is 0 Å². The lowest BCUT2D eigenvalue weighted by Gasteiger charge is -2.16. The summed E-state index contributed by atoms with van der Waals surface area (Å²) in [4.78, 5) is 0. The Morgan fingerprint density at radius 1 is 0.462 bits per heavy atom. The predicted octanol–water partition coefficient (Wildman–Crippen LogP) is 8.12. The van der Waals surface area contributed by atoms with E-state index in [1.807, 2.05) is 0 Å². The molecule has 0 saturated heterocycles. The van der Waals surface area contributed by atoms with Crippen LogP contribution in [0.1, 0.15) is 110 Å². The van der Waals surface area contributed by atoms with Gasteiger partial charge in [0, 0.05) is 6.61 Å². The minimum absolute atomic E-state index is 0.767. The van der Waals surface area contributed by atoms with E-state index in [4.69, 9.17) is 9.16 Å². The van der Waals surface area contributed by atoms with Crippen LogP contribution in [0.25, 0.3) is 0 Å². The van der Waals surface area contributed by atoms with Gasteiger partial charge in [0.15, 0.2) is 8.32 Å². The Morgan fingerprint density at radius 3 is 1.23 bits per heavy atom. The minimum atomic E-state index is -1.35. The normalized spacial score (nSPS) is 12.0. The van der Waals surface area contributed by atoms with Crippen LogP contribution >= 0.6 is 0 Å². The van der Waals surface area contributed by atoms with Crippen molar-refractivity contribution >= 4 is 8.32 Å². The average Bonchev–Trinajstić information content (AvgIpc) is 2.59. The first-order valence-corrected chi connectivity index (χ1v) is 15.2. The Morgan fingerprint density at radius 2 is 0.846 bits per heavy atom. The summed E-state index contributed by atoms with van der Waals surface area (Å²) in [6, 6.07) is 0. The molecule has 0 heterocycles. The average molecular weight is 387 g/mol. The first-order valence-electron chi connectivity index (χ1n) is 11.8. The number of hydrogen-bond acceptors (Lipinski definition) is 2. The zero-order valence-electron chi connectivity index (χ0n) is 18.8. The highest BCUT2D eigenvalue weighted by molar-refractivity contribution is 6.69. The van der Waals surface area contributed by atoms with Crippen LogP contribution in [-0.4, -0.2) is 28.1 Å². The summed E-state index contributed by atoms with van der Waals surface area (Å²) in [6.07, 6.45) is 22.7. The van der Waals surface area contributed by atoms with E-state index in [1.165, 1.54) is 103 Å². The van der Waals surface area contributed by atoms with Crippen LogP contribution in [0.2, 0.25) is 19.6 Å². The molecule has 26 heavy (non-hydrogen) atoms. The maximum atomic E-state index is 5.78. The monoisotopic (exact) mass is 386 g/mol. The molecule has 0 bridgehead atoms. The van der Waals surface area contributed by atoms with Crippen molar-refractivity contribution in [2.24, 2.45) is 0 Å². The lowest BCUT2D eigenvalue weighted by Crippen LogP contribution is -2.27. The smallest absolute Gasteiger partial charge is 0.183 e. The molecule has 0 aliphatic heterocycles. The highest BCUT2D eigenvalue weighted by atomic mass is 28.4. The summed E-state index contributed by atoms with van der Waals surface area (Å²) >= 11 is 0. The van der Waals surface area contributed by atoms with Crippen LogP contribution in [0.4, 0.5) is 0 Å². The van der Waals surface area contributed by atoms with Gasteiger partial charge in [0.2, 0.25) is 0 Å². The zero-order valence-corrected chi connectivity index (χ0v) is 19.8. The molecule has 0 fully saturated rings. The fourth-order valence-corrected chi connectivity index (χ4v) is 3.96. The van der Waals surface area contributed by atoms with E-state index in [2.05, 4.69) is 26.6 Å². The van der Waals surface area contributed by atoms with Gasteiger partial charge in [0.1, 0.15) is 0 Å². The third-order valence-corrected chi connectivity index (χ3v) is 5.98. The first kappa shape index (κ1) is 26.1. The number of hydrogen-bond donors (Lipinski definition) is 0. The molecular formula is C23H50O2Si. The first-order chi connectivity index (χ1) is 12.6. The summed E-state index contributed by atoms with van der Waals surface area (Å²) in [6.45, 7) is 11.4. The quantitative estimate of drug-likeness (QED) is 0.146. The molecular weight excluding hydrogens is 336 g/mol. The van der Waals surface area contributed by atoms with Crippen molar-refractivity contribution in [1.82, 2.24) is 0 Å². The molecule has 0 aromatic heterocycles. The van der Waals surface area contributed by atoms with Crippen LogP contribution in [0, 0.1) is 0 Å².